The predicted octanol–water partition coefficient (Wildman–Crippen LogP) is 3.52. The molecule has 0 spiro atoms. The molecule has 0 aliphatic carbocycles. The van der Waals surface area contributed by atoms with Gasteiger partial charge in [0.1, 0.15) is 0 Å². The van der Waals surface area contributed by atoms with Crippen LogP contribution in [0.15, 0.2) is 12.2 Å². The van der Waals surface area contributed by atoms with Crippen LogP contribution in [0, 0.1) is 0 Å². The Labute approximate surface area is 105 Å². The maximum absolute atomic E-state index is 10.3. The van der Waals surface area contributed by atoms with E-state index in [0.29, 0.717) is 6.42 Å². The first kappa shape index (κ1) is 16.2. The van der Waals surface area contributed by atoms with Gasteiger partial charge in [-0.05, 0) is 25.7 Å². The summed E-state index contributed by atoms with van der Waals surface area (Å²) in [7, 11) is 0. The van der Waals surface area contributed by atoms with Crippen molar-refractivity contribution in [2.24, 2.45) is 0 Å². The van der Waals surface area contributed by atoms with E-state index in [1.165, 1.54) is 19.3 Å². The Bertz CT molecular complexity index is 212. The predicted molar refractivity (Wildman–Crippen MR) is 70.0 cm³/mol. The fraction of sp³-hybridized carbons (Fsp3) is 0.786. The summed E-state index contributed by atoms with van der Waals surface area (Å²) in [6.45, 7) is 2.19. The van der Waals surface area contributed by atoms with Gasteiger partial charge in [-0.3, -0.25) is 0 Å². The van der Waals surface area contributed by atoms with E-state index in [-0.39, 0.29) is 0 Å². The van der Waals surface area contributed by atoms with E-state index in [9.17, 15) is 4.79 Å². The fourth-order valence-corrected chi connectivity index (χ4v) is 1.63. The van der Waals surface area contributed by atoms with Crippen molar-refractivity contribution < 1.29 is 15.0 Å². The standard InChI is InChI=1S/C14H26O3/c1-2-3-4-5-6-7-8-9-10-11-12-13(15)14(16)17/h5-6,13,15H,2-4,7-12H2,1H3,(H,16,17)/b6-5-. The van der Waals surface area contributed by atoms with Crippen LogP contribution in [0.3, 0.4) is 0 Å². The van der Waals surface area contributed by atoms with Crippen molar-refractivity contribution in [2.45, 2.75) is 70.8 Å². The van der Waals surface area contributed by atoms with Crippen LogP contribution in [-0.2, 0) is 4.79 Å². The monoisotopic (exact) mass is 242 g/mol. The molecule has 1 unspecified atom stereocenters. The number of carbonyl (C=O) groups is 1. The summed E-state index contributed by atoms with van der Waals surface area (Å²) < 4.78 is 0. The Balaban J connectivity index is 3.18. The largest absolute Gasteiger partial charge is 0.479 e. The van der Waals surface area contributed by atoms with Crippen molar-refractivity contribution in [3.63, 3.8) is 0 Å². The lowest BCUT2D eigenvalue weighted by Gasteiger charge is -2.04. The van der Waals surface area contributed by atoms with E-state index in [1.54, 1.807) is 0 Å². The zero-order valence-corrected chi connectivity index (χ0v) is 10.9. The normalized spacial score (nSPS) is 13.1. The maximum Gasteiger partial charge on any atom is 0.332 e. The summed E-state index contributed by atoms with van der Waals surface area (Å²) >= 11 is 0. The highest BCUT2D eigenvalue weighted by Crippen LogP contribution is 2.08. The molecule has 0 aromatic carbocycles. The molecular weight excluding hydrogens is 216 g/mol. The molecule has 0 rings (SSSR count). The molecule has 0 radical (unpaired) electrons. The Morgan fingerprint density at radius 1 is 1.06 bits per heavy atom. The van der Waals surface area contributed by atoms with E-state index in [2.05, 4.69) is 19.1 Å². The van der Waals surface area contributed by atoms with Crippen molar-refractivity contribution in [2.75, 3.05) is 0 Å². The molecule has 0 saturated heterocycles. The molecule has 0 fully saturated rings. The number of carboxylic acids is 1. The minimum atomic E-state index is -1.18. The average molecular weight is 242 g/mol. The number of aliphatic carboxylic acids is 1. The van der Waals surface area contributed by atoms with E-state index >= 15 is 0 Å². The van der Waals surface area contributed by atoms with Gasteiger partial charge in [0.2, 0.25) is 0 Å². The van der Waals surface area contributed by atoms with Gasteiger partial charge in [0.05, 0.1) is 0 Å². The molecule has 3 heteroatoms. The van der Waals surface area contributed by atoms with Crippen LogP contribution in [-0.4, -0.2) is 22.3 Å². The van der Waals surface area contributed by atoms with Gasteiger partial charge in [-0.1, -0.05) is 51.2 Å². The summed E-state index contributed by atoms with van der Waals surface area (Å²) in [5, 5.41) is 17.5. The van der Waals surface area contributed by atoms with E-state index in [0.717, 1.165) is 32.1 Å². The van der Waals surface area contributed by atoms with Gasteiger partial charge in [0, 0.05) is 0 Å². The highest BCUT2D eigenvalue weighted by molar-refractivity contribution is 5.71. The first-order chi connectivity index (χ1) is 8.18. The number of hydrogen-bond donors (Lipinski definition) is 2. The molecule has 100 valence electrons. The van der Waals surface area contributed by atoms with Crippen molar-refractivity contribution in [1.82, 2.24) is 0 Å². The van der Waals surface area contributed by atoms with Crippen molar-refractivity contribution in [3.8, 4) is 0 Å². The van der Waals surface area contributed by atoms with Crippen molar-refractivity contribution >= 4 is 5.97 Å². The Hall–Kier alpha value is -0.830. The average Bonchev–Trinajstić information content (AvgIpc) is 2.31. The smallest absolute Gasteiger partial charge is 0.332 e. The lowest BCUT2D eigenvalue weighted by atomic mass is 10.1. The lowest BCUT2D eigenvalue weighted by Crippen LogP contribution is -2.18. The third kappa shape index (κ3) is 11.4. The van der Waals surface area contributed by atoms with Gasteiger partial charge in [0.25, 0.3) is 0 Å². The zero-order chi connectivity index (χ0) is 12.9. The Kier molecular flexibility index (Phi) is 11.1. The minimum Gasteiger partial charge on any atom is -0.479 e. The number of rotatable bonds is 11. The van der Waals surface area contributed by atoms with Gasteiger partial charge in [-0.25, -0.2) is 4.79 Å². The topological polar surface area (TPSA) is 57.5 Å². The SMILES string of the molecule is CCCC/C=C\CCCCCCC(O)C(=O)O. The second kappa shape index (κ2) is 11.6. The third-order valence-corrected chi connectivity index (χ3v) is 2.77. The molecule has 1 atom stereocenters. The molecule has 0 heterocycles. The molecule has 0 bridgehead atoms. The van der Waals surface area contributed by atoms with Crippen LogP contribution in [0.4, 0.5) is 0 Å². The fourth-order valence-electron chi connectivity index (χ4n) is 1.63. The molecule has 2 N–H and O–H groups in total. The molecule has 0 aromatic heterocycles. The van der Waals surface area contributed by atoms with Crippen LogP contribution in [0.1, 0.15) is 64.7 Å². The Morgan fingerprint density at radius 2 is 1.65 bits per heavy atom. The van der Waals surface area contributed by atoms with Crippen LogP contribution in [0.5, 0.6) is 0 Å². The summed E-state index contributed by atoms with van der Waals surface area (Å²) in [6, 6.07) is 0. The second-order valence-electron chi connectivity index (χ2n) is 4.46. The molecule has 0 saturated carbocycles. The van der Waals surface area contributed by atoms with Crippen LogP contribution < -0.4 is 0 Å². The number of carboxylic acid groups (broad SMARTS) is 1. The van der Waals surface area contributed by atoms with Gasteiger partial charge >= 0.3 is 5.97 Å². The summed E-state index contributed by atoms with van der Waals surface area (Å²) in [5.41, 5.74) is 0. The van der Waals surface area contributed by atoms with Crippen LogP contribution in [0.2, 0.25) is 0 Å². The van der Waals surface area contributed by atoms with Gasteiger partial charge in [0.15, 0.2) is 6.10 Å². The van der Waals surface area contributed by atoms with E-state index in [4.69, 9.17) is 10.2 Å². The number of hydrogen-bond acceptors (Lipinski definition) is 2. The summed E-state index contributed by atoms with van der Waals surface area (Å²) in [4.78, 5) is 10.3. The molecule has 17 heavy (non-hydrogen) atoms. The molecule has 3 nitrogen and oxygen atoms in total. The summed E-state index contributed by atoms with van der Waals surface area (Å²) in [5.74, 6) is -1.11. The molecule has 0 aliphatic heterocycles. The van der Waals surface area contributed by atoms with E-state index < -0.39 is 12.1 Å². The van der Waals surface area contributed by atoms with Gasteiger partial charge < -0.3 is 10.2 Å². The highest BCUT2D eigenvalue weighted by atomic mass is 16.4. The highest BCUT2D eigenvalue weighted by Gasteiger charge is 2.11. The summed E-state index contributed by atoms with van der Waals surface area (Å²) in [6.07, 6.45) is 12.6. The van der Waals surface area contributed by atoms with Crippen molar-refractivity contribution in [1.29, 1.82) is 0 Å². The van der Waals surface area contributed by atoms with E-state index in [1.807, 2.05) is 0 Å². The third-order valence-electron chi connectivity index (χ3n) is 2.77. The molecule has 0 amide bonds. The Morgan fingerprint density at radius 3 is 2.24 bits per heavy atom. The number of aliphatic hydroxyl groups is 1. The minimum absolute atomic E-state index is 0.377. The number of aliphatic hydroxyl groups excluding tert-OH is 1. The number of unbranched alkanes of at least 4 members (excludes halogenated alkanes) is 6. The first-order valence-electron chi connectivity index (χ1n) is 6.74. The zero-order valence-electron chi connectivity index (χ0n) is 10.9. The molecule has 0 aromatic rings. The van der Waals surface area contributed by atoms with Crippen LogP contribution >= 0.6 is 0 Å². The van der Waals surface area contributed by atoms with Crippen molar-refractivity contribution in [3.05, 3.63) is 12.2 Å². The molecule has 0 aliphatic rings. The first-order valence-corrected chi connectivity index (χ1v) is 6.74. The second-order valence-corrected chi connectivity index (χ2v) is 4.46. The quantitative estimate of drug-likeness (QED) is 0.430. The van der Waals surface area contributed by atoms with Gasteiger partial charge in [-0.15, -0.1) is 0 Å². The number of allylic oxidation sites excluding steroid dienone is 2. The molecular formula is C14H26O3. The van der Waals surface area contributed by atoms with Gasteiger partial charge in [-0.2, -0.15) is 0 Å². The lowest BCUT2D eigenvalue weighted by molar-refractivity contribution is -0.146. The maximum atomic E-state index is 10.3. The van der Waals surface area contributed by atoms with Crippen LogP contribution in [0.25, 0.3) is 0 Å².